The van der Waals surface area contributed by atoms with Gasteiger partial charge in [0.2, 0.25) is 0 Å². The number of ether oxygens (including phenoxy) is 1. The first-order valence-corrected chi connectivity index (χ1v) is 8.08. The molecule has 2 rings (SSSR count). The van der Waals surface area contributed by atoms with Crippen molar-refractivity contribution in [2.45, 2.75) is 45.1 Å². The van der Waals surface area contributed by atoms with Crippen LogP contribution in [0, 0.1) is 5.92 Å². The minimum absolute atomic E-state index is 0.0955. The normalized spacial score (nSPS) is 22.0. The SMILES string of the molecule is CCCC(OC(=O)CC)(c1ccccc1)C1CCN(C)C1. The van der Waals surface area contributed by atoms with Crippen molar-refractivity contribution in [2.24, 2.45) is 5.92 Å². The second kappa shape index (κ2) is 7.08. The fourth-order valence-corrected chi connectivity index (χ4v) is 3.46. The highest BCUT2D eigenvalue weighted by atomic mass is 16.6. The molecule has 1 fully saturated rings. The molecule has 21 heavy (non-hydrogen) atoms. The van der Waals surface area contributed by atoms with Crippen LogP contribution in [0.1, 0.15) is 45.1 Å². The first-order chi connectivity index (χ1) is 10.1. The van der Waals surface area contributed by atoms with Gasteiger partial charge in [0.05, 0.1) is 0 Å². The number of nitrogens with zero attached hydrogens (tertiary/aromatic N) is 1. The Morgan fingerprint density at radius 1 is 1.33 bits per heavy atom. The lowest BCUT2D eigenvalue weighted by Crippen LogP contribution is -2.41. The van der Waals surface area contributed by atoms with E-state index in [4.69, 9.17) is 4.74 Å². The number of hydrogen-bond acceptors (Lipinski definition) is 3. The van der Waals surface area contributed by atoms with Gasteiger partial charge in [-0.15, -0.1) is 0 Å². The summed E-state index contributed by atoms with van der Waals surface area (Å²) in [6.07, 6.45) is 3.41. The highest BCUT2D eigenvalue weighted by molar-refractivity contribution is 5.69. The highest BCUT2D eigenvalue weighted by Gasteiger charge is 2.45. The van der Waals surface area contributed by atoms with Gasteiger partial charge in [-0.05, 0) is 32.0 Å². The van der Waals surface area contributed by atoms with Crippen molar-refractivity contribution in [1.82, 2.24) is 4.90 Å². The van der Waals surface area contributed by atoms with Gasteiger partial charge in [-0.25, -0.2) is 0 Å². The Labute approximate surface area is 128 Å². The van der Waals surface area contributed by atoms with E-state index in [1.54, 1.807) is 0 Å². The van der Waals surface area contributed by atoms with Crippen LogP contribution >= 0.6 is 0 Å². The van der Waals surface area contributed by atoms with Crippen LogP contribution in [0.2, 0.25) is 0 Å². The molecule has 116 valence electrons. The number of carbonyl (C=O) groups is 1. The van der Waals surface area contributed by atoms with Crippen LogP contribution in [-0.4, -0.2) is 31.0 Å². The largest absolute Gasteiger partial charge is 0.454 e. The lowest BCUT2D eigenvalue weighted by Gasteiger charge is -2.39. The van der Waals surface area contributed by atoms with Crippen molar-refractivity contribution in [2.75, 3.05) is 20.1 Å². The van der Waals surface area contributed by atoms with Crippen LogP contribution in [-0.2, 0) is 15.1 Å². The summed E-state index contributed by atoms with van der Waals surface area (Å²) in [5.41, 5.74) is 0.683. The Morgan fingerprint density at radius 3 is 2.57 bits per heavy atom. The summed E-state index contributed by atoms with van der Waals surface area (Å²) in [5, 5.41) is 0. The molecule has 0 bridgehead atoms. The molecule has 0 aliphatic carbocycles. The van der Waals surface area contributed by atoms with Gasteiger partial charge >= 0.3 is 5.97 Å². The molecule has 1 aromatic carbocycles. The quantitative estimate of drug-likeness (QED) is 0.750. The van der Waals surface area contributed by atoms with E-state index in [1.807, 2.05) is 25.1 Å². The Hall–Kier alpha value is -1.35. The Morgan fingerprint density at radius 2 is 2.05 bits per heavy atom. The zero-order valence-corrected chi connectivity index (χ0v) is 13.5. The molecule has 2 unspecified atom stereocenters. The number of likely N-dealkylation sites (tertiary alicyclic amines) is 1. The standard InChI is InChI=1S/C18H27NO2/c1-4-12-18(21-17(20)5-2,15-9-7-6-8-10-15)16-11-13-19(3)14-16/h6-10,16H,4-5,11-14H2,1-3H3. The number of rotatable bonds is 6. The van der Waals surface area contributed by atoms with Crippen LogP contribution in [0.25, 0.3) is 0 Å². The van der Waals surface area contributed by atoms with Gasteiger partial charge in [-0.3, -0.25) is 4.79 Å². The van der Waals surface area contributed by atoms with Crippen molar-refractivity contribution in [3.63, 3.8) is 0 Å². The summed E-state index contributed by atoms with van der Waals surface area (Å²) in [6.45, 7) is 6.10. The molecule has 3 heteroatoms. The molecule has 0 aromatic heterocycles. The summed E-state index contributed by atoms with van der Waals surface area (Å²) in [4.78, 5) is 14.4. The van der Waals surface area contributed by atoms with Crippen molar-refractivity contribution < 1.29 is 9.53 Å². The fraction of sp³-hybridized carbons (Fsp3) is 0.611. The maximum absolute atomic E-state index is 12.1. The number of carbonyl (C=O) groups excluding carboxylic acids is 1. The van der Waals surface area contributed by atoms with Crippen LogP contribution in [0.5, 0.6) is 0 Å². The van der Waals surface area contributed by atoms with Crippen LogP contribution in [0.3, 0.4) is 0 Å². The smallest absolute Gasteiger partial charge is 0.306 e. The predicted molar refractivity (Wildman–Crippen MR) is 85.0 cm³/mol. The molecule has 0 spiro atoms. The van der Waals surface area contributed by atoms with Crippen molar-refractivity contribution >= 4 is 5.97 Å². The molecular formula is C18H27NO2. The van der Waals surface area contributed by atoms with Gasteiger partial charge < -0.3 is 9.64 Å². The van der Waals surface area contributed by atoms with Crippen LogP contribution in [0.4, 0.5) is 0 Å². The molecule has 1 saturated heterocycles. The highest BCUT2D eigenvalue weighted by Crippen LogP contribution is 2.42. The van der Waals surface area contributed by atoms with Crippen molar-refractivity contribution in [3.05, 3.63) is 35.9 Å². The molecule has 1 aliphatic rings. The predicted octanol–water partition coefficient (Wildman–Crippen LogP) is 3.59. The van der Waals surface area contributed by atoms with E-state index >= 15 is 0 Å². The van der Waals surface area contributed by atoms with E-state index in [2.05, 4.69) is 31.0 Å². The first-order valence-electron chi connectivity index (χ1n) is 8.08. The van der Waals surface area contributed by atoms with E-state index in [1.165, 1.54) is 0 Å². The molecule has 1 heterocycles. The lowest BCUT2D eigenvalue weighted by molar-refractivity contribution is -0.169. The molecule has 0 saturated carbocycles. The summed E-state index contributed by atoms with van der Waals surface area (Å²) in [5.74, 6) is 0.280. The number of esters is 1. The summed E-state index contributed by atoms with van der Waals surface area (Å²) in [6, 6.07) is 10.3. The first kappa shape index (κ1) is 16.0. The third kappa shape index (κ3) is 3.46. The molecule has 3 nitrogen and oxygen atoms in total. The summed E-state index contributed by atoms with van der Waals surface area (Å²) in [7, 11) is 2.14. The molecule has 0 N–H and O–H groups in total. The van der Waals surface area contributed by atoms with E-state index in [0.717, 1.165) is 37.9 Å². The van der Waals surface area contributed by atoms with Gasteiger partial charge in [0.15, 0.2) is 0 Å². The zero-order chi connectivity index (χ0) is 15.3. The lowest BCUT2D eigenvalue weighted by atomic mass is 9.77. The molecule has 1 aliphatic heterocycles. The maximum atomic E-state index is 12.1. The Balaban J connectivity index is 2.40. The fourth-order valence-electron chi connectivity index (χ4n) is 3.46. The molecular weight excluding hydrogens is 262 g/mol. The third-order valence-electron chi connectivity index (χ3n) is 4.52. The summed E-state index contributed by atoms with van der Waals surface area (Å²) < 4.78 is 6.08. The van der Waals surface area contributed by atoms with Crippen LogP contribution < -0.4 is 0 Å². The molecule has 0 amide bonds. The van der Waals surface area contributed by atoms with Gasteiger partial charge in [0.25, 0.3) is 0 Å². The van der Waals surface area contributed by atoms with Crippen molar-refractivity contribution in [3.8, 4) is 0 Å². The minimum Gasteiger partial charge on any atom is -0.454 e. The third-order valence-corrected chi connectivity index (χ3v) is 4.52. The molecule has 2 atom stereocenters. The van der Waals surface area contributed by atoms with E-state index in [0.29, 0.717) is 12.3 Å². The van der Waals surface area contributed by atoms with Gasteiger partial charge in [-0.2, -0.15) is 0 Å². The Bertz CT molecular complexity index is 460. The molecule has 0 radical (unpaired) electrons. The zero-order valence-electron chi connectivity index (χ0n) is 13.5. The summed E-state index contributed by atoms with van der Waals surface area (Å²) >= 11 is 0. The van der Waals surface area contributed by atoms with Crippen LogP contribution in [0.15, 0.2) is 30.3 Å². The minimum atomic E-state index is -0.464. The second-order valence-electron chi connectivity index (χ2n) is 6.08. The average Bonchev–Trinajstić information content (AvgIpc) is 2.94. The van der Waals surface area contributed by atoms with E-state index in [-0.39, 0.29) is 5.97 Å². The average molecular weight is 289 g/mol. The van der Waals surface area contributed by atoms with E-state index in [9.17, 15) is 4.79 Å². The topological polar surface area (TPSA) is 29.5 Å². The monoisotopic (exact) mass is 289 g/mol. The molecule has 1 aromatic rings. The number of benzene rings is 1. The Kier molecular flexibility index (Phi) is 5.40. The second-order valence-corrected chi connectivity index (χ2v) is 6.08. The van der Waals surface area contributed by atoms with Gasteiger partial charge in [0, 0.05) is 18.9 Å². The van der Waals surface area contributed by atoms with E-state index < -0.39 is 5.60 Å². The van der Waals surface area contributed by atoms with Gasteiger partial charge in [-0.1, -0.05) is 50.6 Å². The maximum Gasteiger partial charge on any atom is 0.306 e. The van der Waals surface area contributed by atoms with Gasteiger partial charge in [0.1, 0.15) is 5.60 Å². The van der Waals surface area contributed by atoms with Crippen molar-refractivity contribution in [1.29, 1.82) is 0 Å². The number of hydrogen-bond donors (Lipinski definition) is 0.